The lowest BCUT2D eigenvalue weighted by Gasteiger charge is -2.19. The molecule has 1 heterocycles. The van der Waals surface area contributed by atoms with Crippen molar-refractivity contribution >= 4 is 5.82 Å². The van der Waals surface area contributed by atoms with E-state index < -0.39 is 0 Å². The van der Waals surface area contributed by atoms with E-state index in [1.54, 1.807) is 0 Å². The summed E-state index contributed by atoms with van der Waals surface area (Å²) >= 11 is 0. The van der Waals surface area contributed by atoms with Crippen molar-refractivity contribution in [1.29, 1.82) is 0 Å². The maximum Gasteiger partial charge on any atom is 0.144 e. The fraction of sp³-hybridized carbons (Fsp3) is 0.692. The zero-order valence-corrected chi connectivity index (χ0v) is 11.2. The third kappa shape index (κ3) is 5.13. The molecule has 96 valence electrons. The summed E-state index contributed by atoms with van der Waals surface area (Å²) in [4.78, 5) is 11.2. The lowest BCUT2D eigenvalue weighted by molar-refractivity contribution is 0.272. The number of nitrogens with one attached hydrogen (secondary N) is 1. The van der Waals surface area contributed by atoms with E-state index in [0.717, 1.165) is 37.7 Å². The average molecular weight is 236 g/mol. The van der Waals surface area contributed by atoms with Gasteiger partial charge in [0.25, 0.3) is 0 Å². The number of rotatable bonds is 8. The molecule has 0 aliphatic carbocycles. The molecule has 0 atom stereocenters. The van der Waals surface area contributed by atoms with Gasteiger partial charge in [-0.05, 0) is 26.4 Å². The van der Waals surface area contributed by atoms with Gasteiger partial charge in [-0.2, -0.15) is 0 Å². The Bertz CT molecular complexity index is 297. The minimum absolute atomic E-state index is 0.854. The van der Waals surface area contributed by atoms with E-state index in [-0.39, 0.29) is 0 Å². The molecule has 4 heteroatoms. The summed E-state index contributed by atoms with van der Waals surface area (Å²) in [6, 6.07) is 0. The molecule has 0 saturated carbocycles. The van der Waals surface area contributed by atoms with E-state index in [2.05, 4.69) is 41.0 Å². The van der Waals surface area contributed by atoms with Gasteiger partial charge in [0.05, 0.1) is 18.1 Å². The fourth-order valence-electron chi connectivity index (χ4n) is 1.67. The van der Waals surface area contributed by atoms with E-state index in [9.17, 15) is 0 Å². The van der Waals surface area contributed by atoms with Crippen LogP contribution in [0.2, 0.25) is 0 Å². The second-order valence-corrected chi connectivity index (χ2v) is 4.15. The van der Waals surface area contributed by atoms with Crippen LogP contribution in [0.5, 0.6) is 0 Å². The van der Waals surface area contributed by atoms with Crippen LogP contribution in [0.4, 0.5) is 5.82 Å². The first-order valence-corrected chi connectivity index (χ1v) is 6.57. The van der Waals surface area contributed by atoms with Crippen LogP contribution in [-0.4, -0.2) is 34.5 Å². The number of anilines is 1. The molecule has 0 unspecified atom stereocenters. The number of unbranched alkanes of at least 4 members (excludes halogenated alkanes) is 1. The zero-order valence-electron chi connectivity index (χ0n) is 11.2. The molecule has 1 N–H and O–H groups in total. The standard InChI is InChI=1S/C13H24N4/c1-4-7-8-17(6-3)11-12-9-16-13(10-15-12)14-5-2/h9-10H,4-8,11H2,1-3H3,(H,14,16). The third-order valence-corrected chi connectivity index (χ3v) is 2.72. The highest BCUT2D eigenvalue weighted by atomic mass is 15.1. The summed E-state index contributed by atoms with van der Waals surface area (Å²) in [7, 11) is 0. The summed E-state index contributed by atoms with van der Waals surface area (Å²) in [6.45, 7) is 10.5. The van der Waals surface area contributed by atoms with Crippen LogP contribution in [0.25, 0.3) is 0 Å². The van der Waals surface area contributed by atoms with Crippen LogP contribution in [0.1, 0.15) is 39.3 Å². The normalized spacial score (nSPS) is 10.8. The van der Waals surface area contributed by atoms with Crippen LogP contribution >= 0.6 is 0 Å². The summed E-state index contributed by atoms with van der Waals surface area (Å²) in [5, 5.41) is 3.15. The largest absolute Gasteiger partial charge is 0.369 e. The number of hydrogen-bond donors (Lipinski definition) is 1. The molecule has 1 aromatic rings. The van der Waals surface area contributed by atoms with Crippen molar-refractivity contribution in [2.75, 3.05) is 25.0 Å². The molecule has 0 aliphatic heterocycles. The molecule has 0 aromatic carbocycles. The van der Waals surface area contributed by atoms with Crippen LogP contribution in [-0.2, 0) is 6.54 Å². The van der Waals surface area contributed by atoms with Crippen molar-refractivity contribution in [2.24, 2.45) is 0 Å². The molecule has 1 rings (SSSR count). The zero-order chi connectivity index (χ0) is 12.5. The van der Waals surface area contributed by atoms with Gasteiger partial charge < -0.3 is 5.32 Å². The highest BCUT2D eigenvalue weighted by Gasteiger charge is 2.04. The predicted molar refractivity (Wildman–Crippen MR) is 72.1 cm³/mol. The maximum absolute atomic E-state index is 4.43. The van der Waals surface area contributed by atoms with Crippen molar-refractivity contribution in [1.82, 2.24) is 14.9 Å². The Kier molecular flexibility index (Phi) is 6.55. The predicted octanol–water partition coefficient (Wildman–Crippen LogP) is 2.53. The van der Waals surface area contributed by atoms with Gasteiger partial charge >= 0.3 is 0 Å². The topological polar surface area (TPSA) is 41.1 Å². The van der Waals surface area contributed by atoms with Gasteiger partial charge in [-0.15, -0.1) is 0 Å². The monoisotopic (exact) mass is 236 g/mol. The van der Waals surface area contributed by atoms with Crippen LogP contribution < -0.4 is 5.32 Å². The van der Waals surface area contributed by atoms with E-state index >= 15 is 0 Å². The molecule has 1 aromatic heterocycles. The summed E-state index contributed by atoms with van der Waals surface area (Å²) < 4.78 is 0. The number of nitrogens with zero attached hydrogens (tertiary/aromatic N) is 3. The Hall–Kier alpha value is -1.16. The minimum Gasteiger partial charge on any atom is -0.369 e. The number of hydrogen-bond acceptors (Lipinski definition) is 4. The molecule has 4 nitrogen and oxygen atoms in total. The molecule has 0 bridgehead atoms. The summed E-state index contributed by atoms with van der Waals surface area (Å²) in [5.74, 6) is 0.854. The Morgan fingerprint density at radius 3 is 2.53 bits per heavy atom. The molecule has 17 heavy (non-hydrogen) atoms. The fourth-order valence-corrected chi connectivity index (χ4v) is 1.67. The van der Waals surface area contributed by atoms with E-state index in [1.165, 1.54) is 12.8 Å². The highest BCUT2D eigenvalue weighted by Crippen LogP contribution is 2.05. The first-order chi connectivity index (χ1) is 8.30. The van der Waals surface area contributed by atoms with Gasteiger partial charge in [-0.25, -0.2) is 4.98 Å². The summed E-state index contributed by atoms with van der Waals surface area (Å²) in [6.07, 6.45) is 6.16. The smallest absolute Gasteiger partial charge is 0.144 e. The Morgan fingerprint density at radius 2 is 2.00 bits per heavy atom. The van der Waals surface area contributed by atoms with E-state index in [0.29, 0.717) is 0 Å². The highest BCUT2D eigenvalue weighted by molar-refractivity contribution is 5.30. The van der Waals surface area contributed by atoms with E-state index in [1.807, 2.05) is 12.4 Å². The van der Waals surface area contributed by atoms with Crippen molar-refractivity contribution in [3.8, 4) is 0 Å². The minimum atomic E-state index is 0.854. The molecule has 0 amide bonds. The second-order valence-electron chi connectivity index (χ2n) is 4.15. The van der Waals surface area contributed by atoms with Crippen LogP contribution in [0.15, 0.2) is 12.4 Å². The van der Waals surface area contributed by atoms with E-state index in [4.69, 9.17) is 0 Å². The van der Waals surface area contributed by atoms with Gasteiger partial charge in [0.1, 0.15) is 5.82 Å². The third-order valence-electron chi connectivity index (χ3n) is 2.72. The first-order valence-electron chi connectivity index (χ1n) is 6.57. The van der Waals surface area contributed by atoms with Crippen molar-refractivity contribution in [3.05, 3.63) is 18.1 Å². The Balaban J connectivity index is 2.48. The molecular weight excluding hydrogens is 212 g/mol. The molecule has 0 aliphatic rings. The average Bonchev–Trinajstić information content (AvgIpc) is 2.37. The Morgan fingerprint density at radius 1 is 1.18 bits per heavy atom. The van der Waals surface area contributed by atoms with Gasteiger partial charge in [-0.3, -0.25) is 9.88 Å². The lowest BCUT2D eigenvalue weighted by Crippen LogP contribution is -2.24. The van der Waals surface area contributed by atoms with Crippen molar-refractivity contribution < 1.29 is 0 Å². The van der Waals surface area contributed by atoms with Gasteiger partial charge in [0.2, 0.25) is 0 Å². The lowest BCUT2D eigenvalue weighted by atomic mass is 10.3. The SMILES string of the molecule is CCCCN(CC)Cc1cnc(NCC)cn1. The Labute approximate surface area is 104 Å². The van der Waals surface area contributed by atoms with Crippen molar-refractivity contribution in [3.63, 3.8) is 0 Å². The molecule has 0 radical (unpaired) electrons. The molecular formula is C13H24N4. The second kappa shape index (κ2) is 8.01. The molecule has 0 fully saturated rings. The van der Waals surface area contributed by atoms with Crippen molar-refractivity contribution in [2.45, 2.75) is 40.2 Å². The first kappa shape index (κ1) is 13.9. The quantitative estimate of drug-likeness (QED) is 0.753. The van der Waals surface area contributed by atoms with Gasteiger partial charge in [-0.1, -0.05) is 20.3 Å². The van der Waals surface area contributed by atoms with Gasteiger partial charge in [0.15, 0.2) is 0 Å². The number of aromatic nitrogens is 2. The van der Waals surface area contributed by atoms with Gasteiger partial charge in [0, 0.05) is 13.1 Å². The molecule has 0 spiro atoms. The molecule has 0 saturated heterocycles. The summed E-state index contributed by atoms with van der Waals surface area (Å²) in [5.41, 5.74) is 1.05. The maximum atomic E-state index is 4.43. The van der Waals surface area contributed by atoms with Crippen LogP contribution in [0, 0.1) is 0 Å². The van der Waals surface area contributed by atoms with Crippen LogP contribution in [0.3, 0.4) is 0 Å².